The molecule has 0 radical (unpaired) electrons. The number of carbonyl (C=O) groups is 2. The maximum atomic E-state index is 14.0. The number of amides is 2. The zero-order chi connectivity index (χ0) is 25.0. The van der Waals surface area contributed by atoms with Crippen molar-refractivity contribution < 1.29 is 19.1 Å². The number of nitrogens with zero attached hydrogens (tertiary/aromatic N) is 2. The summed E-state index contributed by atoms with van der Waals surface area (Å²) in [5.41, 5.74) is 1.45. The van der Waals surface area contributed by atoms with Crippen molar-refractivity contribution in [3.8, 4) is 0 Å². The van der Waals surface area contributed by atoms with Gasteiger partial charge in [0, 0.05) is 14.1 Å². The number of hydrogen-bond acceptors (Lipinski definition) is 4. The first-order chi connectivity index (χ1) is 16.9. The van der Waals surface area contributed by atoms with E-state index in [1.807, 2.05) is 41.3 Å². The van der Waals surface area contributed by atoms with Crippen molar-refractivity contribution in [1.82, 2.24) is 9.80 Å². The molecular weight excluding hydrogens is 440 g/mol. The number of ether oxygens (including phenoxy) is 2. The Bertz CT molecular complexity index is 949. The van der Waals surface area contributed by atoms with Crippen LogP contribution in [0.1, 0.15) is 75.6 Å². The zero-order valence-electron chi connectivity index (χ0n) is 21.4. The van der Waals surface area contributed by atoms with Gasteiger partial charge in [-0.3, -0.25) is 4.90 Å². The van der Waals surface area contributed by atoms with E-state index in [4.69, 9.17) is 9.47 Å². The molecule has 0 saturated heterocycles. The number of carbonyl (C=O) groups excluding carboxylic acids is 2. The molecular formula is C29H38N2O4. The number of benzene rings is 2. The lowest BCUT2D eigenvalue weighted by atomic mass is 9.93. The Morgan fingerprint density at radius 1 is 0.914 bits per heavy atom. The molecule has 5 unspecified atom stereocenters. The summed E-state index contributed by atoms with van der Waals surface area (Å²) in [5, 5.41) is 0. The van der Waals surface area contributed by atoms with Gasteiger partial charge in [0.25, 0.3) is 0 Å². The molecule has 2 fully saturated rings. The van der Waals surface area contributed by atoms with Crippen molar-refractivity contribution in [3.05, 3.63) is 71.8 Å². The molecule has 2 bridgehead atoms. The smallest absolute Gasteiger partial charge is 0.411 e. The fourth-order valence-electron chi connectivity index (χ4n) is 5.92. The van der Waals surface area contributed by atoms with E-state index in [0.717, 1.165) is 49.7 Å². The lowest BCUT2D eigenvalue weighted by Crippen LogP contribution is -2.48. The van der Waals surface area contributed by atoms with Crippen LogP contribution in [0.3, 0.4) is 0 Å². The number of hydrogen-bond donors (Lipinski definition) is 0. The van der Waals surface area contributed by atoms with Crippen LogP contribution in [-0.4, -0.2) is 47.8 Å². The lowest BCUT2D eigenvalue weighted by Gasteiger charge is -2.40. The maximum absolute atomic E-state index is 14.0. The Morgan fingerprint density at radius 2 is 1.46 bits per heavy atom. The van der Waals surface area contributed by atoms with Crippen LogP contribution in [0.5, 0.6) is 0 Å². The SMILES string of the molecule is CCC(c1ccccc1)N(C(=O)OC1CC2CCC1(OC(=O)N(C)C)C2)C(CC)c1ccccc1. The molecule has 0 N–H and O–H groups in total. The van der Waals surface area contributed by atoms with Gasteiger partial charge in [0.1, 0.15) is 6.10 Å². The summed E-state index contributed by atoms with van der Waals surface area (Å²) in [6, 6.07) is 20.1. The summed E-state index contributed by atoms with van der Waals surface area (Å²) in [6.07, 6.45) is 3.61. The van der Waals surface area contributed by atoms with E-state index in [9.17, 15) is 9.59 Å². The molecule has 6 heteroatoms. The molecule has 0 heterocycles. The van der Waals surface area contributed by atoms with Crippen LogP contribution in [0.25, 0.3) is 0 Å². The van der Waals surface area contributed by atoms with Gasteiger partial charge in [-0.05, 0) is 55.6 Å². The predicted molar refractivity (Wildman–Crippen MR) is 136 cm³/mol. The third kappa shape index (κ3) is 5.16. The molecule has 2 aliphatic rings. The Kier molecular flexibility index (Phi) is 7.68. The minimum atomic E-state index is -0.726. The van der Waals surface area contributed by atoms with E-state index < -0.39 is 11.7 Å². The standard InChI is InChI=1S/C29H38N2O4/c1-5-24(22-13-9-7-10-14-22)31(25(6-2)23-15-11-8-12-16-23)28(33)34-26-19-21-17-18-29(26,20-21)35-27(32)30(3)4/h7-16,21,24-26H,5-6,17-20H2,1-4H3. The quantitative estimate of drug-likeness (QED) is 0.422. The molecule has 5 atom stereocenters. The first-order valence-corrected chi connectivity index (χ1v) is 12.9. The molecule has 2 aliphatic carbocycles. The predicted octanol–water partition coefficient (Wildman–Crippen LogP) is 6.74. The molecule has 0 aromatic heterocycles. The third-order valence-electron chi connectivity index (χ3n) is 7.67. The summed E-state index contributed by atoms with van der Waals surface area (Å²) < 4.78 is 12.3. The van der Waals surface area contributed by atoms with E-state index >= 15 is 0 Å². The van der Waals surface area contributed by atoms with Crippen molar-refractivity contribution in [3.63, 3.8) is 0 Å². The van der Waals surface area contributed by atoms with Crippen molar-refractivity contribution in [2.24, 2.45) is 5.92 Å². The third-order valence-corrected chi connectivity index (χ3v) is 7.67. The summed E-state index contributed by atoms with van der Waals surface area (Å²) in [5.74, 6) is 0.420. The molecule has 0 spiro atoms. The van der Waals surface area contributed by atoms with Gasteiger partial charge in [0.05, 0.1) is 12.1 Å². The monoisotopic (exact) mass is 478 g/mol. The first-order valence-electron chi connectivity index (χ1n) is 12.9. The van der Waals surface area contributed by atoms with Crippen LogP contribution in [0.15, 0.2) is 60.7 Å². The normalized spacial score (nSPS) is 24.5. The highest BCUT2D eigenvalue weighted by Gasteiger charge is 2.58. The van der Waals surface area contributed by atoms with E-state index in [2.05, 4.69) is 38.1 Å². The first kappa shape index (κ1) is 25.1. The fraction of sp³-hybridized carbons (Fsp3) is 0.517. The van der Waals surface area contributed by atoms with Crippen LogP contribution < -0.4 is 0 Å². The van der Waals surface area contributed by atoms with Gasteiger partial charge in [-0.1, -0.05) is 74.5 Å². The highest BCUT2D eigenvalue weighted by atomic mass is 16.6. The zero-order valence-corrected chi connectivity index (χ0v) is 21.4. The van der Waals surface area contributed by atoms with Crippen LogP contribution in [0.2, 0.25) is 0 Å². The highest BCUT2D eigenvalue weighted by molar-refractivity contribution is 5.70. The summed E-state index contributed by atoms with van der Waals surface area (Å²) >= 11 is 0. The molecule has 6 nitrogen and oxygen atoms in total. The van der Waals surface area contributed by atoms with E-state index in [1.54, 1.807) is 14.1 Å². The van der Waals surface area contributed by atoms with Gasteiger partial charge in [0.15, 0.2) is 5.60 Å². The summed E-state index contributed by atoms with van der Waals surface area (Å²) in [7, 11) is 3.36. The summed E-state index contributed by atoms with van der Waals surface area (Å²) in [6.45, 7) is 4.21. The average Bonchev–Trinajstić information content (AvgIpc) is 3.42. The number of rotatable bonds is 8. The van der Waals surface area contributed by atoms with Crippen LogP contribution in [-0.2, 0) is 9.47 Å². The molecule has 2 saturated carbocycles. The van der Waals surface area contributed by atoms with Gasteiger partial charge in [-0.2, -0.15) is 0 Å². The minimum Gasteiger partial charge on any atom is -0.442 e. The molecule has 4 rings (SSSR count). The van der Waals surface area contributed by atoms with E-state index in [0.29, 0.717) is 5.92 Å². The van der Waals surface area contributed by atoms with Gasteiger partial charge >= 0.3 is 12.2 Å². The topological polar surface area (TPSA) is 59.1 Å². The molecule has 35 heavy (non-hydrogen) atoms. The van der Waals surface area contributed by atoms with Gasteiger partial charge in [-0.25, -0.2) is 9.59 Å². The molecule has 2 aromatic carbocycles. The molecule has 2 aromatic rings. The van der Waals surface area contributed by atoms with Crippen LogP contribution in [0, 0.1) is 5.92 Å². The van der Waals surface area contributed by atoms with Crippen molar-refractivity contribution in [1.29, 1.82) is 0 Å². The Morgan fingerprint density at radius 3 is 1.91 bits per heavy atom. The second-order valence-electron chi connectivity index (χ2n) is 10.1. The molecule has 2 amide bonds. The Balaban J connectivity index is 1.65. The Hall–Kier alpha value is -3.02. The highest BCUT2D eigenvalue weighted by Crippen LogP contribution is 2.52. The second-order valence-corrected chi connectivity index (χ2v) is 10.1. The summed E-state index contributed by atoms with van der Waals surface area (Å²) in [4.78, 5) is 29.9. The largest absolute Gasteiger partial charge is 0.442 e. The minimum absolute atomic E-state index is 0.132. The van der Waals surface area contributed by atoms with E-state index in [-0.39, 0.29) is 24.3 Å². The maximum Gasteiger partial charge on any atom is 0.411 e. The van der Waals surface area contributed by atoms with Crippen molar-refractivity contribution in [2.45, 2.75) is 76.2 Å². The molecule has 188 valence electrons. The average molecular weight is 479 g/mol. The van der Waals surface area contributed by atoms with Crippen molar-refractivity contribution >= 4 is 12.2 Å². The molecule has 0 aliphatic heterocycles. The number of fused-ring (bicyclic) bond motifs is 2. The van der Waals surface area contributed by atoms with Gasteiger partial charge < -0.3 is 14.4 Å². The van der Waals surface area contributed by atoms with E-state index in [1.165, 1.54) is 4.90 Å². The van der Waals surface area contributed by atoms with Gasteiger partial charge in [0.2, 0.25) is 0 Å². The van der Waals surface area contributed by atoms with Crippen molar-refractivity contribution in [2.75, 3.05) is 14.1 Å². The van der Waals surface area contributed by atoms with Gasteiger partial charge in [-0.15, -0.1) is 0 Å². The fourth-order valence-corrected chi connectivity index (χ4v) is 5.92. The lowest BCUT2D eigenvalue weighted by molar-refractivity contribution is -0.0876. The Labute approximate surface area is 209 Å². The van der Waals surface area contributed by atoms with Crippen LogP contribution in [0.4, 0.5) is 9.59 Å². The van der Waals surface area contributed by atoms with Crippen LogP contribution >= 0.6 is 0 Å². The second kappa shape index (κ2) is 10.7.